The highest BCUT2D eigenvalue weighted by molar-refractivity contribution is 5.92. The summed E-state index contributed by atoms with van der Waals surface area (Å²) in [6.07, 6.45) is 1.46. The summed E-state index contributed by atoms with van der Waals surface area (Å²) >= 11 is 0. The molecule has 0 aliphatic carbocycles. The van der Waals surface area contributed by atoms with Crippen molar-refractivity contribution in [3.05, 3.63) is 48.0 Å². The number of oxime groups is 1. The van der Waals surface area contributed by atoms with Crippen molar-refractivity contribution in [3.63, 3.8) is 0 Å². The predicted molar refractivity (Wildman–Crippen MR) is 94.7 cm³/mol. The largest absolute Gasteiger partial charge is 0.497 e. The van der Waals surface area contributed by atoms with Gasteiger partial charge in [0, 0.05) is 17.3 Å². The van der Waals surface area contributed by atoms with E-state index in [-0.39, 0.29) is 12.5 Å². The van der Waals surface area contributed by atoms with Gasteiger partial charge in [-0.3, -0.25) is 4.79 Å². The number of carbonyl (C=O) groups excluding carboxylic acids is 1. The molecule has 25 heavy (non-hydrogen) atoms. The highest BCUT2D eigenvalue weighted by Crippen LogP contribution is 2.29. The van der Waals surface area contributed by atoms with Crippen molar-refractivity contribution in [2.24, 2.45) is 5.16 Å². The normalized spacial score (nSPS) is 10.4. The lowest BCUT2D eigenvalue weighted by molar-refractivity contribution is -0.120. The highest BCUT2D eigenvalue weighted by atomic mass is 16.6. The van der Waals surface area contributed by atoms with Crippen molar-refractivity contribution >= 4 is 17.8 Å². The molecule has 0 fully saturated rings. The molecular weight excluding hydrogens is 324 g/mol. The lowest BCUT2D eigenvalue weighted by Gasteiger charge is -2.09. The number of ether oxygens (including phenoxy) is 3. The van der Waals surface area contributed by atoms with Crippen LogP contribution in [0, 0.1) is 0 Å². The minimum Gasteiger partial charge on any atom is -0.497 e. The molecule has 0 aliphatic rings. The van der Waals surface area contributed by atoms with E-state index < -0.39 is 0 Å². The van der Waals surface area contributed by atoms with Crippen molar-refractivity contribution in [1.82, 2.24) is 0 Å². The van der Waals surface area contributed by atoms with E-state index in [0.29, 0.717) is 28.5 Å². The van der Waals surface area contributed by atoms with E-state index in [1.54, 1.807) is 56.7 Å². The predicted octanol–water partition coefficient (Wildman–Crippen LogP) is 2.70. The first-order valence-electron chi connectivity index (χ1n) is 7.48. The number of hydrogen-bond acceptors (Lipinski definition) is 6. The standard InChI is InChI=1S/C18H20N2O5/c1-22-15-8-5-7-14(10-15)20-17(21)12-25-19-11-13-6-4-9-16(23-2)18(13)24-3/h4-11H,12H2,1-3H3,(H,20,21)/b19-11-. The van der Waals surface area contributed by atoms with Crippen molar-refractivity contribution in [2.45, 2.75) is 0 Å². The van der Waals surface area contributed by atoms with Gasteiger partial charge in [0.25, 0.3) is 5.91 Å². The first kappa shape index (κ1) is 18.1. The summed E-state index contributed by atoms with van der Waals surface area (Å²) in [6, 6.07) is 12.4. The number of amides is 1. The number of nitrogens with zero attached hydrogens (tertiary/aromatic N) is 1. The molecule has 0 aliphatic heterocycles. The maximum atomic E-state index is 11.9. The molecule has 0 heterocycles. The van der Waals surface area contributed by atoms with Gasteiger partial charge in [0.15, 0.2) is 18.1 Å². The number of para-hydroxylation sites is 1. The smallest absolute Gasteiger partial charge is 0.265 e. The monoisotopic (exact) mass is 344 g/mol. The van der Waals surface area contributed by atoms with Crippen LogP contribution in [0.1, 0.15) is 5.56 Å². The Morgan fingerprint density at radius 2 is 1.88 bits per heavy atom. The second-order valence-electron chi connectivity index (χ2n) is 4.87. The fourth-order valence-corrected chi connectivity index (χ4v) is 2.10. The Labute approximate surface area is 146 Å². The first-order chi connectivity index (χ1) is 12.2. The van der Waals surface area contributed by atoms with Crippen molar-refractivity contribution in [2.75, 3.05) is 33.3 Å². The summed E-state index contributed by atoms with van der Waals surface area (Å²) < 4.78 is 15.6. The second kappa shape index (κ2) is 9.17. The number of methoxy groups -OCH3 is 3. The zero-order valence-electron chi connectivity index (χ0n) is 14.3. The van der Waals surface area contributed by atoms with E-state index in [1.165, 1.54) is 13.3 Å². The SMILES string of the molecule is COc1cccc(NC(=O)CO/N=C\c2cccc(OC)c2OC)c1. The Morgan fingerprint density at radius 3 is 2.60 bits per heavy atom. The molecule has 1 N–H and O–H groups in total. The molecule has 7 nitrogen and oxygen atoms in total. The van der Waals surface area contributed by atoms with Crippen LogP contribution in [0.2, 0.25) is 0 Å². The fraction of sp³-hybridized carbons (Fsp3) is 0.222. The molecule has 0 unspecified atom stereocenters. The molecule has 2 aromatic rings. The second-order valence-corrected chi connectivity index (χ2v) is 4.87. The molecule has 0 radical (unpaired) electrons. The molecule has 2 aromatic carbocycles. The van der Waals surface area contributed by atoms with E-state index >= 15 is 0 Å². The summed E-state index contributed by atoms with van der Waals surface area (Å²) in [5.74, 6) is 1.45. The number of nitrogens with one attached hydrogen (secondary N) is 1. The summed E-state index contributed by atoms with van der Waals surface area (Å²) in [7, 11) is 4.65. The van der Waals surface area contributed by atoms with Crippen molar-refractivity contribution < 1.29 is 23.8 Å². The number of anilines is 1. The van der Waals surface area contributed by atoms with Crippen LogP contribution in [0.15, 0.2) is 47.6 Å². The van der Waals surface area contributed by atoms with Gasteiger partial charge in [0.1, 0.15) is 5.75 Å². The van der Waals surface area contributed by atoms with Gasteiger partial charge in [-0.05, 0) is 24.3 Å². The third-order valence-electron chi connectivity index (χ3n) is 3.25. The zero-order chi connectivity index (χ0) is 18.1. The van der Waals surface area contributed by atoms with E-state index in [4.69, 9.17) is 19.0 Å². The molecule has 1 amide bonds. The first-order valence-corrected chi connectivity index (χ1v) is 7.48. The minimum absolute atomic E-state index is 0.222. The van der Waals surface area contributed by atoms with Gasteiger partial charge in [0.05, 0.1) is 27.5 Å². The van der Waals surface area contributed by atoms with Crippen LogP contribution >= 0.6 is 0 Å². The Hall–Kier alpha value is -3.22. The van der Waals surface area contributed by atoms with Gasteiger partial charge in [0.2, 0.25) is 0 Å². The van der Waals surface area contributed by atoms with Gasteiger partial charge in [-0.25, -0.2) is 0 Å². The van der Waals surface area contributed by atoms with Crippen molar-refractivity contribution in [1.29, 1.82) is 0 Å². The summed E-state index contributed by atoms with van der Waals surface area (Å²) in [5, 5.41) is 6.49. The van der Waals surface area contributed by atoms with Gasteiger partial charge in [-0.2, -0.15) is 0 Å². The lowest BCUT2D eigenvalue weighted by Crippen LogP contribution is -2.16. The topological polar surface area (TPSA) is 78.4 Å². The lowest BCUT2D eigenvalue weighted by atomic mass is 10.2. The quantitative estimate of drug-likeness (QED) is 0.588. The molecule has 0 atom stereocenters. The average Bonchev–Trinajstić information content (AvgIpc) is 2.64. The van der Waals surface area contributed by atoms with Gasteiger partial charge in [-0.1, -0.05) is 17.3 Å². The van der Waals surface area contributed by atoms with Crippen LogP contribution < -0.4 is 19.5 Å². The maximum absolute atomic E-state index is 11.9. The van der Waals surface area contributed by atoms with Crippen molar-refractivity contribution in [3.8, 4) is 17.2 Å². The number of hydrogen-bond donors (Lipinski definition) is 1. The summed E-state index contributed by atoms with van der Waals surface area (Å²) in [5.41, 5.74) is 1.29. The number of benzene rings is 2. The highest BCUT2D eigenvalue weighted by Gasteiger charge is 2.08. The van der Waals surface area contributed by atoms with E-state index in [0.717, 1.165) is 0 Å². The minimum atomic E-state index is -0.331. The van der Waals surface area contributed by atoms with Gasteiger partial charge in [-0.15, -0.1) is 0 Å². The van der Waals surface area contributed by atoms with E-state index in [2.05, 4.69) is 10.5 Å². The van der Waals surface area contributed by atoms with Crippen LogP contribution in [0.5, 0.6) is 17.2 Å². The molecule has 0 aromatic heterocycles. The van der Waals surface area contributed by atoms with Crippen LogP contribution in [0.4, 0.5) is 5.69 Å². The van der Waals surface area contributed by atoms with Gasteiger partial charge >= 0.3 is 0 Å². The molecule has 132 valence electrons. The zero-order valence-corrected chi connectivity index (χ0v) is 14.3. The molecule has 0 spiro atoms. The molecule has 0 bridgehead atoms. The van der Waals surface area contributed by atoms with Crippen LogP contribution in [-0.4, -0.2) is 40.1 Å². The summed E-state index contributed by atoms with van der Waals surface area (Å²) in [4.78, 5) is 16.9. The third-order valence-corrected chi connectivity index (χ3v) is 3.25. The molecule has 0 saturated carbocycles. The van der Waals surface area contributed by atoms with Crippen LogP contribution in [0.3, 0.4) is 0 Å². The molecule has 7 heteroatoms. The Bertz CT molecular complexity index is 746. The van der Waals surface area contributed by atoms with Gasteiger partial charge < -0.3 is 24.4 Å². The Balaban J connectivity index is 1.89. The molecular formula is C18H20N2O5. The van der Waals surface area contributed by atoms with Crippen LogP contribution in [0.25, 0.3) is 0 Å². The van der Waals surface area contributed by atoms with E-state index in [1.807, 2.05) is 0 Å². The fourth-order valence-electron chi connectivity index (χ4n) is 2.10. The van der Waals surface area contributed by atoms with E-state index in [9.17, 15) is 4.79 Å². The molecule has 2 rings (SSSR count). The number of rotatable bonds is 8. The summed E-state index contributed by atoms with van der Waals surface area (Å²) in [6.45, 7) is -0.222. The maximum Gasteiger partial charge on any atom is 0.265 e. The Kier molecular flexibility index (Phi) is 6.65. The molecule has 0 saturated heterocycles. The Morgan fingerprint density at radius 1 is 1.08 bits per heavy atom. The third kappa shape index (κ3) is 5.13. The number of carbonyl (C=O) groups is 1. The van der Waals surface area contributed by atoms with Crippen LogP contribution in [-0.2, 0) is 9.63 Å². The average molecular weight is 344 g/mol.